The zero-order chi connectivity index (χ0) is 12.3. The number of hydrogen-bond acceptors (Lipinski definition) is 3. The van der Waals surface area contributed by atoms with Crippen molar-refractivity contribution < 1.29 is 5.11 Å². The monoisotopic (exact) mass is 234 g/mol. The molecule has 1 atom stereocenters. The quantitative estimate of drug-likeness (QED) is 0.790. The van der Waals surface area contributed by atoms with Crippen LogP contribution in [0.3, 0.4) is 0 Å². The van der Waals surface area contributed by atoms with Gasteiger partial charge in [-0.2, -0.15) is 0 Å². The van der Waals surface area contributed by atoms with E-state index in [1.807, 2.05) is 12.1 Å². The van der Waals surface area contributed by atoms with E-state index in [2.05, 4.69) is 24.2 Å². The Morgan fingerprint density at radius 1 is 1.35 bits per heavy atom. The van der Waals surface area contributed by atoms with Crippen LogP contribution in [-0.4, -0.2) is 35.7 Å². The van der Waals surface area contributed by atoms with Crippen molar-refractivity contribution >= 4 is 0 Å². The number of nitrogens with zero attached hydrogens (tertiary/aromatic N) is 1. The predicted octanol–water partition coefficient (Wildman–Crippen LogP) is 1.96. The van der Waals surface area contributed by atoms with E-state index in [1.165, 1.54) is 18.4 Å². The van der Waals surface area contributed by atoms with Crippen LogP contribution in [-0.2, 0) is 6.54 Å². The number of phenolic OH excluding ortho intramolecular Hbond substituents is 1. The van der Waals surface area contributed by atoms with Gasteiger partial charge in [0, 0.05) is 25.2 Å². The molecule has 2 rings (SSSR count). The van der Waals surface area contributed by atoms with Gasteiger partial charge in [0.1, 0.15) is 5.75 Å². The Hall–Kier alpha value is -1.06. The molecule has 1 unspecified atom stereocenters. The van der Waals surface area contributed by atoms with Crippen molar-refractivity contribution in [2.24, 2.45) is 0 Å². The van der Waals surface area contributed by atoms with Crippen molar-refractivity contribution in [3.8, 4) is 5.75 Å². The largest absolute Gasteiger partial charge is 0.508 e. The first-order valence-corrected chi connectivity index (χ1v) is 6.37. The molecule has 3 heteroatoms. The molecule has 2 N–H and O–H groups in total. The van der Waals surface area contributed by atoms with Crippen molar-refractivity contribution in [1.82, 2.24) is 10.2 Å². The molecule has 0 aliphatic heterocycles. The molecule has 94 valence electrons. The molecule has 0 spiro atoms. The Bertz CT molecular complexity index is 346. The number of hydrogen-bond donors (Lipinski definition) is 2. The van der Waals surface area contributed by atoms with Crippen LogP contribution < -0.4 is 5.32 Å². The summed E-state index contributed by atoms with van der Waals surface area (Å²) in [6.07, 6.45) is 2.72. The number of aromatic hydroxyl groups is 1. The number of phenols is 1. The molecule has 0 saturated heterocycles. The minimum atomic E-state index is 0.329. The molecule has 1 aliphatic rings. The topological polar surface area (TPSA) is 35.5 Å². The van der Waals surface area contributed by atoms with Crippen LogP contribution in [0.2, 0.25) is 0 Å². The Labute approximate surface area is 103 Å². The molecule has 1 fully saturated rings. The highest BCUT2D eigenvalue weighted by molar-refractivity contribution is 5.25. The molecular weight excluding hydrogens is 212 g/mol. The number of nitrogens with one attached hydrogen (secondary N) is 1. The molecule has 17 heavy (non-hydrogen) atoms. The van der Waals surface area contributed by atoms with Crippen molar-refractivity contribution in [2.75, 3.05) is 13.6 Å². The summed E-state index contributed by atoms with van der Waals surface area (Å²) in [4.78, 5) is 2.46. The van der Waals surface area contributed by atoms with Crippen molar-refractivity contribution in [1.29, 1.82) is 0 Å². The summed E-state index contributed by atoms with van der Waals surface area (Å²) in [6.45, 7) is 4.14. The second-order valence-corrected chi connectivity index (χ2v) is 5.04. The molecule has 0 bridgehead atoms. The van der Waals surface area contributed by atoms with E-state index in [0.717, 1.165) is 19.1 Å². The number of likely N-dealkylation sites (N-methyl/N-ethyl adjacent to an activating group) is 1. The highest BCUT2D eigenvalue weighted by atomic mass is 16.3. The van der Waals surface area contributed by atoms with Crippen LogP contribution in [0.15, 0.2) is 24.3 Å². The van der Waals surface area contributed by atoms with Crippen LogP contribution >= 0.6 is 0 Å². The van der Waals surface area contributed by atoms with Gasteiger partial charge < -0.3 is 10.4 Å². The van der Waals surface area contributed by atoms with Gasteiger partial charge in [-0.25, -0.2) is 0 Å². The lowest BCUT2D eigenvalue weighted by molar-refractivity contribution is 0.241. The van der Waals surface area contributed by atoms with Crippen molar-refractivity contribution in [2.45, 2.75) is 38.4 Å². The summed E-state index contributed by atoms with van der Waals surface area (Å²) in [5.74, 6) is 0.329. The zero-order valence-electron chi connectivity index (χ0n) is 10.7. The Morgan fingerprint density at radius 3 is 2.59 bits per heavy atom. The Kier molecular flexibility index (Phi) is 4.02. The van der Waals surface area contributed by atoms with E-state index in [0.29, 0.717) is 11.8 Å². The summed E-state index contributed by atoms with van der Waals surface area (Å²) >= 11 is 0. The van der Waals surface area contributed by atoms with Gasteiger partial charge in [-0.1, -0.05) is 12.1 Å². The molecule has 0 radical (unpaired) electrons. The van der Waals surface area contributed by atoms with E-state index < -0.39 is 0 Å². The minimum Gasteiger partial charge on any atom is -0.508 e. The third kappa shape index (κ3) is 3.72. The SMILES string of the molecule is CC(CNCc1ccc(O)cc1)N(C)C1CC1. The van der Waals surface area contributed by atoms with Crippen LogP contribution in [0, 0.1) is 0 Å². The van der Waals surface area contributed by atoms with Gasteiger partial charge >= 0.3 is 0 Å². The fourth-order valence-electron chi connectivity index (χ4n) is 2.02. The van der Waals surface area contributed by atoms with Gasteiger partial charge in [0.15, 0.2) is 0 Å². The number of benzene rings is 1. The first-order valence-electron chi connectivity index (χ1n) is 6.37. The third-order valence-corrected chi connectivity index (χ3v) is 3.52. The van der Waals surface area contributed by atoms with Crippen LogP contribution in [0.5, 0.6) is 5.75 Å². The van der Waals surface area contributed by atoms with Crippen LogP contribution in [0.25, 0.3) is 0 Å². The lowest BCUT2D eigenvalue weighted by Gasteiger charge is -2.24. The number of rotatable bonds is 6. The first-order chi connectivity index (χ1) is 8.16. The fourth-order valence-corrected chi connectivity index (χ4v) is 2.02. The normalized spacial score (nSPS) is 17.4. The van der Waals surface area contributed by atoms with Crippen molar-refractivity contribution in [3.05, 3.63) is 29.8 Å². The maximum absolute atomic E-state index is 9.18. The minimum absolute atomic E-state index is 0.329. The summed E-state index contributed by atoms with van der Waals surface area (Å²) in [5.41, 5.74) is 1.21. The van der Waals surface area contributed by atoms with Gasteiger partial charge in [0.2, 0.25) is 0 Å². The second-order valence-electron chi connectivity index (χ2n) is 5.04. The van der Waals surface area contributed by atoms with Gasteiger partial charge in [-0.05, 0) is 44.5 Å². The molecule has 0 amide bonds. The Balaban J connectivity index is 1.69. The molecular formula is C14H22N2O. The van der Waals surface area contributed by atoms with E-state index in [1.54, 1.807) is 12.1 Å². The smallest absolute Gasteiger partial charge is 0.115 e. The van der Waals surface area contributed by atoms with Gasteiger partial charge in [0.05, 0.1) is 0 Å². The highest BCUT2D eigenvalue weighted by Crippen LogP contribution is 2.26. The Morgan fingerprint density at radius 2 is 2.00 bits per heavy atom. The predicted molar refractivity (Wildman–Crippen MR) is 70.1 cm³/mol. The zero-order valence-corrected chi connectivity index (χ0v) is 10.7. The average Bonchev–Trinajstić information content (AvgIpc) is 3.14. The molecule has 1 aromatic rings. The molecule has 0 heterocycles. The third-order valence-electron chi connectivity index (χ3n) is 3.52. The standard InChI is InChI=1S/C14H22N2O/c1-11(16(2)13-5-6-13)9-15-10-12-3-7-14(17)8-4-12/h3-4,7-8,11,13,15,17H,5-6,9-10H2,1-2H3. The van der Waals surface area contributed by atoms with Gasteiger partial charge in [-0.15, -0.1) is 0 Å². The van der Waals surface area contributed by atoms with Crippen LogP contribution in [0.1, 0.15) is 25.3 Å². The van der Waals surface area contributed by atoms with Gasteiger partial charge in [0.25, 0.3) is 0 Å². The summed E-state index contributed by atoms with van der Waals surface area (Å²) < 4.78 is 0. The first kappa shape index (κ1) is 12.4. The van der Waals surface area contributed by atoms with Crippen LogP contribution in [0.4, 0.5) is 0 Å². The fraction of sp³-hybridized carbons (Fsp3) is 0.571. The van der Waals surface area contributed by atoms with E-state index >= 15 is 0 Å². The summed E-state index contributed by atoms with van der Waals surface area (Å²) in [7, 11) is 2.21. The summed E-state index contributed by atoms with van der Waals surface area (Å²) in [6, 6.07) is 8.78. The highest BCUT2D eigenvalue weighted by Gasteiger charge is 2.28. The second kappa shape index (κ2) is 5.52. The average molecular weight is 234 g/mol. The molecule has 0 aromatic heterocycles. The van der Waals surface area contributed by atoms with E-state index in [4.69, 9.17) is 0 Å². The molecule has 1 aromatic carbocycles. The van der Waals surface area contributed by atoms with E-state index in [-0.39, 0.29) is 0 Å². The maximum Gasteiger partial charge on any atom is 0.115 e. The molecule has 3 nitrogen and oxygen atoms in total. The summed E-state index contributed by atoms with van der Waals surface area (Å²) in [5, 5.41) is 12.6. The molecule has 1 saturated carbocycles. The van der Waals surface area contributed by atoms with Crippen molar-refractivity contribution in [3.63, 3.8) is 0 Å². The van der Waals surface area contributed by atoms with E-state index in [9.17, 15) is 5.11 Å². The van der Waals surface area contributed by atoms with Gasteiger partial charge in [-0.3, -0.25) is 4.90 Å². The lowest BCUT2D eigenvalue weighted by atomic mass is 10.2. The maximum atomic E-state index is 9.18. The molecule has 1 aliphatic carbocycles. The lowest BCUT2D eigenvalue weighted by Crippen LogP contribution is -2.38.